The van der Waals surface area contributed by atoms with Crippen LogP contribution in [0.4, 0.5) is 5.69 Å². The summed E-state index contributed by atoms with van der Waals surface area (Å²) in [5, 5.41) is 8.66. The minimum absolute atomic E-state index is 0.195. The van der Waals surface area contributed by atoms with E-state index in [1.165, 1.54) is 7.11 Å². The second kappa shape index (κ2) is 6.96. The van der Waals surface area contributed by atoms with Crippen molar-refractivity contribution in [2.45, 2.75) is 33.7 Å². The lowest BCUT2D eigenvalue weighted by Gasteiger charge is -2.13. The van der Waals surface area contributed by atoms with E-state index < -0.39 is 0 Å². The SMILES string of the molecule is COc1cc(Cl)c(C)cc1NC(=O)c1cc2cnn(C(C)C)c2nc1C. The topological polar surface area (TPSA) is 69.0 Å². The lowest BCUT2D eigenvalue weighted by molar-refractivity contribution is 0.102. The van der Waals surface area contributed by atoms with Gasteiger partial charge in [-0.15, -0.1) is 0 Å². The van der Waals surface area contributed by atoms with Crippen LogP contribution in [-0.4, -0.2) is 27.8 Å². The highest BCUT2D eigenvalue weighted by molar-refractivity contribution is 6.31. The smallest absolute Gasteiger partial charge is 0.257 e. The van der Waals surface area contributed by atoms with E-state index in [2.05, 4.69) is 15.4 Å². The number of rotatable bonds is 4. The molecule has 136 valence electrons. The Morgan fingerprint density at radius 3 is 2.65 bits per heavy atom. The number of hydrogen-bond donors (Lipinski definition) is 1. The molecule has 0 fully saturated rings. The maximum atomic E-state index is 12.8. The molecule has 1 amide bonds. The highest BCUT2D eigenvalue weighted by atomic mass is 35.5. The molecule has 2 aromatic heterocycles. The van der Waals surface area contributed by atoms with Crippen LogP contribution >= 0.6 is 11.6 Å². The number of nitrogens with zero attached hydrogens (tertiary/aromatic N) is 3. The summed E-state index contributed by atoms with van der Waals surface area (Å²) < 4.78 is 7.16. The monoisotopic (exact) mass is 372 g/mol. The summed E-state index contributed by atoms with van der Waals surface area (Å²) in [6, 6.07) is 5.49. The number of anilines is 1. The molecular weight excluding hydrogens is 352 g/mol. The van der Waals surface area contributed by atoms with Crippen molar-refractivity contribution in [3.63, 3.8) is 0 Å². The van der Waals surface area contributed by atoms with Gasteiger partial charge in [0.25, 0.3) is 5.91 Å². The van der Waals surface area contributed by atoms with Crippen molar-refractivity contribution in [3.8, 4) is 5.75 Å². The van der Waals surface area contributed by atoms with Gasteiger partial charge in [-0.05, 0) is 45.4 Å². The second-order valence-corrected chi connectivity index (χ2v) is 6.88. The molecule has 0 aliphatic carbocycles. The predicted octanol–water partition coefficient (Wildman–Crippen LogP) is 4.54. The molecule has 0 bridgehead atoms. The average molecular weight is 373 g/mol. The Kier molecular flexibility index (Phi) is 4.87. The molecule has 6 nitrogen and oxygen atoms in total. The van der Waals surface area contributed by atoms with E-state index in [1.54, 1.807) is 18.3 Å². The van der Waals surface area contributed by atoms with E-state index in [1.807, 2.05) is 38.4 Å². The number of carbonyl (C=O) groups is 1. The van der Waals surface area contributed by atoms with E-state index in [0.29, 0.717) is 27.7 Å². The van der Waals surface area contributed by atoms with Gasteiger partial charge in [-0.1, -0.05) is 11.6 Å². The zero-order valence-corrected chi connectivity index (χ0v) is 16.2. The molecule has 1 N–H and O–H groups in total. The van der Waals surface area contributed by atoms with Crippen LogP contribution in [-0.2, 0) is 0 Å². The number of methoxy groups -OCH3 is 1. The van der Waals surface area contributed by atoms with Gasteiger partial charge in [-0.2, -0.15) is 5.10 Å². The summed E-state index contributed by atoms with van der Waals surface area (Å²) in [7, 11) is 1.54. The third kappa shape index (κ3) is 3.24. The third-order valence-electron chi connectivity index (χ3n) is 4.22. The Hall–Kier alpha value is -2.60. The van der Waals surface area contributed by atoms with Crippen molar-refractivity contribution in [1.29, 1.82) is 0 Å². The Morgan fingerprint density at radius 1 is 1.27 bits per heavy atom. The van der Waals surface area contributed by atoms with E-state index in [4.69, 9.17) is 16.3 Å². The van der Waals surface area contributed by atoms with E-state index in [0.717, 1.165) is 16.6 Å². The number of fused-ring (bicyclic) bond motifs is 1. The summed E-state index contributed by atoms with van der Waals surface area (Å²) >= 11 is 6.12. The third-order valence-corrected chi connectivity index (χ3v) is 4.63. The zero-order chi connectivity index (χ0) is 19.0. The molecule has 0 saturated heterocycles. The van der Waals surface area contributed by atoms with Crippen LogP contribution in [0.1, 0.15) is 41.5 Å². The van der Waals surface area contributed by atoms with Crippen LogP contribution in [0, 0.1) is 13.8 Å². The summed E-state index contributed by atoms with van der Waals surface area (Å²) in [4.78, 5) is 17.4. The van der Waals surface area contributed by atoms with Crippen LogP contribution in [0.5, 0.6) is 5.75 Å². The molecule has 3 rings (SSSR count). The molecule has 1 aromatic carbocycles. The number of benzene rings is 1. The van der Waals surface area contributed by atoms with Gasteiger partial charge >= 0.3 is 0 Å². The molecule has 0 atom stereocenters. The highest BCUT2D eigenvalue weighted by Crippen LogP contribution is 2.31. The van der Waals surface area contributed by atoms with Gasteiger partial charge in [0.2, 0.25) is 0 Å². The van der Waals surface area contributed by atoms with E-state index in [-0.39, 0.29) is 11.9 Å². The van der Waals surface area contributed by atoms with Crippen molar-refractivity contribution < 1.29 is 9.53 Å². The van der Waals surface area contributed by atoms with Crippen LogP contribution in [0.2, 0.25) is 5.02 Å². The zero-order valence-electron chi connectivity index (χ0n) is 15.4. The lowest BCUT2D eigenvalue weighted by atomic mass is 10.1. The minimum atomic E-state index is -0.255. The van der Waals surface area contributed by atoms with Crippen LogP contribution in [0.25, 0.3) is 11.0 Å². The van der Waals surface area contributed by atoms with Crippen molar-refractivity contribution >= 4 is 34.2 Å². The van der Waals surface area contributed by atoms with Crippen molar-refractivity contribution in [1.82, 2.24) is 14.8 Å². The lowest BCUT2D eigenvalue weighted by Crippen LogP contribution is -2.15. The molecular formula is C19H21ClN4O2. The summed E-state index contributed by atoms with van der Waals surface area (Å²) in [6.45, 7) is 7.77. The van der Waals surface area contributed by atoms with Gasteiger partial charge in [-0.25, -0.2) is 9.67 Å². The number of ether oxygens (including phenoxy) is 1. The number of halogens is 1. The quantitative estimate of drug-likeness (QED) is 0.729. The molecule has 7 heteroatoms. The average Bonchev–Trinajstić information content (AvgIpc) is 2.99. The van der Waals surface area contributed by atoms with Crippen molar-refractivity contribution in [2.24, 2.45) is 0 Å². The van der Waals surface area contributed by atoms with Gasteiger partial charge < -0.3 is 10.1 Å². The first-order valence-electron chi connectivity index (χ1n) is 8.32. The molecule has 3 aromatic rings. The summed E-state index contributed by atoms with van der Waals surface area (Å²) in [5.74, 6) is 0.252. The molecule has 0 radical (unpaired) electrons. The van der Waals surface area contributed by atoms with Crippen LogP contribution in [0.3, 0.4) is 0 Å². The molecule has 26 heavy (non-hydrogen) atoms. The number of hydrogen-bond acceptors (Lipinski definition) is 4. The molecule has 0 unspecified atom stereocenters. The Balaban J connectivity index is 1.98. The van der Waals surface area contributed by atoms with Gasteiger partial charge in [0, 0.05) is 22.5 Å². The van der Waals surface area contributed by atoms with E-state index in [9.17, 15) is 4.79 Å². The van der Waals surface area contributed by atoms with Crippen molar-refractivity contribution in [2.75, 3.05) is 12.4 Å². The fourth-order valence-electron chi connectivity index (χ4n) is 2.79. The van der Waals surface area contributed by atoms with Gasteiger partial charge in [0.1, 0.15) is 5.75 Å². The standard InChI is InChI=1S/C19H21ClN4O2/c1-10(2)24-18-13(9-21-24)7-14(12(4)22-18)19(25)23-16-6-11(3)15(20)8-17(16)26-5/h6-10H,1-5H3,(H,23,25). The molecule has 0 saturated carbocycles. The molecule has 2 heterocycles. The first kappa shape index (κ1) is 18.2. The maximum Gasteiger partial charge on any atom is 0.257 e. The number of pyridine rings is 1. The second-order valence-electron chi connectivity index (χ2n) is 6.47. The number of aryl methyl sites for hydroxylation is 2. The van der Waals surface area contributed by atoms with Gasteiger partial charge in [0.05, 0.1) is 30.3 Å². The Labute approximate surface area is 157 Å². The predicted molar refractivity (Wildman–Crippen MR) is 103 cm³/mol. The molecule has 0 aliphatic rings. The normalized spacial score (nSPS) is 11.2. The number of aromatic nitrogens is 3. The maximum absolute atomic E-state index is 12.8. The highest BCUT2D eigenvalue weighted by Gasteiger charge is 2.17. The van der Waals surface area contributed by atoms with Gasteiger partial charge in [0.15, 0.2) is 5.65 Å². The molecule has 0 aliphatic heterocycles. The Morgan fingerprint density at radius 2 is 2.00 bits per heavy atom. The molecule has 0 spiro atoms. The van der Waals surface area contributed by atoms with Gasteiger partial charge in [-0.3, -0.25) is 4.79 Å². The minimum Gasteiger partial charge on any atom is -0.495 e. The number of nitrogens with one attached hydrogen (secondary N) is 1. The Bertz CT molecular complexity index is 995. The number of amides is 1. The van der Waals surface area contributed by atoms with E-state index >= 15 is 0 Å². The number of carbonyl (C=O) groups excluding carboxylic acids is 1. The summed E-state index contributed by atoms with van der Waals surface area (Å²) in [5.41, 5.74) is 3.33. The summed E-state index contributed by atoms with van der Waals surface area (Å²) in [6.07, 6.45) is 1.73. The van der Waals surface area contributed by atoms with Crippen LogP contribution < -0.4 is 10.1 Å². The van der Waals surface area contributed by atoms with Crippen molar-refractivity contribution in [3.05, 3.63) is 46.2 Å². The fraction of sp³-hybridized carbons (Fsp3) is 0.316. The van der Waals surface area contributed by atoms with Crippen LogP contribution in [0.15, 0.2) is 24.4 Å². The largest absolute Gasteiger partial charge is 0.495 e. The first-order valence-corrected chi connectivity index (χ1v) is 8.70. The fourth-order valence-corrected chi connectivity index (χ4v) is 2.95. The first-order chi connectivity index (χ1) is 12.3.